The molecule has 0 heterocycles. The highest BCUT2D eigenvalue weighted by atomic mass is 19.1. The number of nitrogens with two attached hydrogens (primary N) is 3. The van der Waals surface area contributed by atoms with Crippen molar-refractivity contribution in [3.8, 4) is 5.75 Å². The van der Waals surface area contributed by atoms with E-state index < -0.39 is 17.8 Å². The number of carbonyl (C=O) groups is 2. The van der Waals surface area contributed by atoms with Gasteiger partial charge in [-0.15, -0.1) is 0 Å². The summed E-state index contributed by atoms with van der Waals surface area (Å²) in [6, 6.07) is 2.99. The minimum Gasteiger partial charge on any atom is -0.489 e. The smallest absolute Gasteiger partial charge is 0.217 e. The Morgan fingerprint density at radius 2 is 1.83 bits per heavy atom. The van der Waals surface area contributed by atoms with Gasteiger partial charge in [0.05, 0.1) is 0 Å². The summed E-state index contributed by atoms with van der Waals surface area (Å²) in [4.78, 5) is 21.4. The van der Waals surface area contributed by atoms with E-state index in [0.717, 1.165) is 5.56 Å². The van der Waals surface area contributed by atoms with Crippen LogP contribution in [-0.2, 0) is 16.0 Å². The first kappa shape index (κ1) is 19.9. The Balaban J connectivity index is 2.61. The average Bonchev–Trinajstić information content (AvgIpc) is 2.50. The SMILES string of the molecule is Cc1cc(CCCCC(N)=O)c(F)c(OCC(N)CCC(N)=O)c1. The molecule has 6 nitrogen and oxygen atoms in total. The fourth-order valence-corrected chi connectivity index (χ4v) is 2.32. The van der Waals surface area contributed by atoms with Gasteiger partial charge in [0.1, 0.15) is 6.61 Å². The first-order chi connectivity index (χ1) is 11.3. The lowest BCUT2D eigenvalue weighted by atomic mass is 10.0. The summed E-state index contributed by atoms with van der Waals surface area (Å²) in [7, 11) is 0. The molecule has 0 fully saturated rings. The summed E-state index contributed by atoms with van der Waals surface area (Å²) in [5.74, 6) is -1.05. The zero-order valence-electron chi connectivity index (χ0n) is 14.0. The minimum atomic E-state index is -0.426. The second kappa shape index (κ2) is 9.87. The van der Waals surface area contributed by atoms with Gasteiger partial charge in [-0.1, -0.05) is 6.07 Å². The molecule has 1 aromatic rings. The Kier molecular flexibility index (Phi) is 8.18. The number of rotatable bonds is 11. The monoisotopic (exact) mass is 339 g/mol. The Hall–Kier alpha value is -2.15. The maximum absolute atomic E-state index is 14.5. The summed E-state index contributed by atoms with van der Waals surface area (Å²) in [6.45, 7) is 1.96. The average molecular weight is 339 g/mol. The van der Waals surface area contributed by atoms with E-state index in [2.05, 4.69) is 0 Å². The summed E-state index contributed by atoms with van der Waals surface area (Å²) in [6.07, 6.45) is 2.66. The molecule has 0 saturated heterocycles. The molecule has 6 N–H and O–H groups in total. The molecular formula is C17H26FN3O3. The number of carbonyl (C=O) groups excluding carboxylic acids is 2. The number of hydrogen-bond acceptors (Lipinski definition) is 4. The molecule has 0 bridgehead atoms. The van der Waals surface area contributed by atoms with Crippen molar-refractivity contribution >= 4 is 11.8 Å². The molecular weight excluding hydrogens is 313 g/mol. The van der Waals surface area contributed by atoms with Gasteiger partial charge >= 0.3 is 0 Å². The fraction of sp³-hybridized carbons (Fsp3) is 0.529. The highest BCUT2D eigenvalue weighted by Crippen LogP contribution is 2.24. The Labute approximate surface area is 141 Å². The lowest BCUT2D eigenvalue weighted by molar-refractivity contribution is -0.119. The van der Waals surface area contributed by atoms with Crippen LogP contribution in [0.1, 0.15) is 43.2 Å². The third-order valence-electron chi connectivity index (χ3n) is 3.59. The topological polar surface area (TPSA) is 121 Å². The van der Waals surface area contributed by atoms with Crippen molar-refractivity contribution in [2.75, 3.05) is 6.61 Å². The van der Waals surface area contributed by atoms with Crippen molar-refractivity contribution in [3.05, 3.63) is 29.1 Å². The first-order valence-corrected chi connectivity index (χ1v) is 8.03. The molecule has 1 rings (SSSR count). The molecule has 0 aromatic heterocycles. The molecule has 0 radical (unpaired) electrons. The van der Waals surface area contributed by atoms with Gasteiger partial charge in [-0.25, -0.2) is 4.39 Å². The maximum Gasteiger partial charge on any atom is 0.217 e. The first-order valence-electron chi connectivity index (χ1n) is 8.03. The highest BCUT2D eigenvalue weighted by Gasteiger charge is 2.13. The summed E-state index contributed by atoms with van der Waals surface area (Å²) in [5, 5.41) is 0. The van der Waals surface area contributed by atoms with E-state index in [1.165, 1.54) is 0 Å². The Morgan fingerprint density at radius 3 is 2.46 bits per heavy atom. The number of hydrogen-bond donors (Lipinski definition) is 3. The van der Waals surface area contributed by atoms with Crippen molar-refractivity contribution in [1.82, 2.24) is 0 Å². The summed E-state index contributed by atoms with van der Waals surface area (Å²) >= 11 is 0. The third-order valence-corrected chi connectivity index (χ3v) is 3.59. The normalized spacial score (nSPS) is 12.0. The second-order valence-corrected chi connectivity index (χ2v) is 5.99. The van der Waals surface area contributed by atoms with Crippen molar-refractivity contribution < 1.29 is 18.7 Å². The van der Waals surface area contributed by atoms with Crippen LogP contribution in [0.25, 0.3) is 0 Å². The van der Waals surface area contributed by atoms with Crippen LogP contribution < -0.4 is 21.9 Å². The van der Waals surface area contributed by atoms with Crippen LogP contribution in [0.3, 0.4) is 0 Å². The van der Waals surface area contributed by atoms with Crippen LogP contribution >= 0.6 is 0 Å². The standard InChI is InChI=1S/C17H26FN3O3/c1-11-8-12(4-2-3-5-15(20)22)17(18)14(9-11)24-10-13(19)6-7-16(21)23/h8-9,13H,2-7,10,19H2,1H3,(H2,20,22)(H2,21,23). The number of halogens is 1. The van der Waals surface area contributed by atoms with Crippen molar-refractivity contribution in [2.24, 2.45) is 17.2 Å². The molecule has 7 heteroatoms. The largest absolute Gasteiger partial charge is 0.489 e. The van der Waals surface area contributed by atoms with Crippen molar-refractivity contribution in [3.63, 3.8) is 0 Å². The van der Waals surface area contributed by atoms with Gasteiger partial charge in [0, 0.05) is 18.9 Å². The van der Waals surface area contributed by atoms with Gasteiger partial charge in [0.15, 0.2) is 11.6 Å². The van der Waals surface area contributed by atoms with Crippen LogP contribution in [0, 0.1) is 12.7 Å². The van der Waals surface area contributed by atoms with Gasteiger partial charge in [0.25, 0.3) is 0 Å². The molecule has 0 aliphatic rings. The third kappa shape index (κ3) is 7.41. The number of benzene rings is 1. The van der Waals surface area contributed by atoms with E-state index in [-0.39, 0.29) is 24.7 Å². The second-order valence-electron chi connectivity index (χ2n) is 5.99. The van der Waals surface area contributed by atoms with Gasteiger partial charge in [-0.3, -0.25) is 9.59 Å². The number of primary amides is 2. The zero-order chi connectivity index (χ0) is 18.1. The Morgan fingerprint density at radius 1 is 1.17 bits per heavy atom. The minimum absolute atomic E-state index is 0.106. The molecule has 134 valence electrons. The Bertz CT molecular complexity index is 578. The van der Waals surface area contributed by atoms with Crippen LogP contribution in [0.2, 0.25) is 0 Å². The van der Waals surface area contributed by atoms with Crippen molar-refractivity contribution in [2.45, 2.75) is 51.5 Å². The molecule has 24 heavy (non-hydrogen) atoms. The maximum atomic E-state index is 14.5. The van der Waals surface area contributed by atoms with Crippen LogP contribution in [-0.4, -0.2) is 24.5 Å². The molecule has 0 saturated carbocycles. The molecule has 1 atom stereocenters. The number of amides is 2. The lowest BCUT2D eigenvalue weighted by Crippen LogP contribution is -2.29. The van der Waals surface area contributed by atoms with Crippen LogP contribution in [0.5, 0.6) is 5.75 Å². The van der Waals surface area contributed by atoms with Crippen molar-refractivity contribution in [1.29, 1.82) is 0 Å². The molecule has 0 spiro atoms. The van der Waals surface area contributed by atoms with Gasteiger partial charge in [0.2, 0.25) is 11.8 Å². The summed E-state index contributed by atoms with van der Waals surface area (Å²) < 4.78 is 19.9. The van der Waals surface area contributed by atoms with E-state index in [1.54, 1.807) is 12.1 Å². The fourth-order valence-electron chi connectivity index (χ4n) is 2.32. The lowest BCUT2D eigenvalue weighted by Gasteiger charge is -2.15. The quantitative estimate of drug-likeness (QED) is 0.526. The van der Waals surface area contributed by atoms with E-state index in [1.807, 2.05) is 6.92 Å². The molecule has 1 aromatic carbocycles. The molecule has 1 unspecified atom stereocenters. The number of ether oxygens (including phenoxy) is 1. The predicted molar refractivity (Wildman–Crippen MR) is 89.8 cm³/mol. The molecule has 2 amide bonds. The van der Waals surface area contributed by atoms with Crippen LogP contribution in [0.4, 0.5) is 4.39 Å². The summed E-state index contributed by atoms with van der Waals surface area (Å²) in [5.41, 5.74) is 17.4. The molecule has 0 aliphatic heterocycles. The van der Waals surface area contributed by atoms with E-state index in [0.29, 0.717) is 37.7 Å². The predicted octanol–water partition coefficient (Wildman–Crippen LogP) is 1.30. The van der Waals surface area contributed by atoms with E-state index >= 15 is 0 Å². The van der Waals surface area contributed by atoms with Gasteiger partial charge in [-0.05, 0) is 49.8 Å². The number of aryl methyl sites for hydroxylation is 2. The van der Waals surface area contributed by atoms with Gasteiger partial charge in [-0.2, -0.15) is 0 Å². The molecule has 0 aliphatic carbocycles. The zero-order valence-corrected chi connectivity index (χ0v) is 14.0. The highest BCUT2D eigenvalue weighted by molar-refractivity contribution is 5.73. The van der Waals surface area contributed by atoms with E-state index in [9.17, 15) is 14.0 Å². The van der Waals surface area contributed by atoms with Crippen LogP contribution in [0.15, 0.2) is 12.1 Å². The van der Waals surface area contributed by atoms with Gasteiger partial charge < -0.3 is 21.9 Å². The number of unbranched alkanes of at least 4 members (excludes halogenated alkanes) is 1. The van der Waals surface area contributed by atoms with E-state index in [4.69, 9.17) is 21.9 Å².